The van der Waals surface area contributed by atoms with E-state index in [1.54, 1.807) is 6.92 Å². The summed E-state index contributed by atoms with van der Waals surface area (Å²) in [5, 5.41) is 2.88. The maximum atomic E-state index is 12.5. The maximum absolute atomic E-state index is 12.5. The minimum Gasteiger partial charge on any atom is -0.489 e. The Labute approximate surface area is 162 Å². The van der Waals surface area contributed by atoms with Crippen LogP contribution in [0.15, 0.2) is 60.7 Å². The molecule has 0 aliphatic rings. The predicted octanol–water partition coefficient (Wildman–Crippen LogP) is 5.56. The molecule has 2 rings (SSSR count). The van der Waals surface area contributed by atoms with Gasteiger partial charge in [0.2, 0.25) is 0 Å². The first-order chi connectivity index (χ1) is 12.9. The van der Waals surface area contributed by atoms with E-state index >= 15 is 0 Å². The highest BCUT2D eigenvalue weighted by atomic mass is 16.5. The molecule has 0 radical (unpaired) electrons. The van der Waals surface area contributed by atoms with Crippen molar-refractivity contribution in [2.24, 2.45) is 0 Å². The minimum atomic E-state index is -0.602. The van der Waals surface area contributed by atoms with Crippen molar-refractivity contribution in [1.29, 1.82) is 0 Å². The summed E-state index contributed by atoms with van der Waals surface area (Å²) in [6, 6.07) is 15.2. The number of carbonyl (C=O) groups excluding carboxylic acids is 1. The van der Waals surface area contributed by atoms with E-state index < -0.39 is 6.10 Å². The molecule has 2 unspecified atom stereocenters. The third-order valence-corrected chi connectivity index (χ3v) is 4.34. The number of carbonyl (C=O) groups is 1. The molecule has 2 atom stereocenters. The van der Waals surface area contributed by atoms with E-state index in [0.717, 1.165) is 29.1 Å². The lowest BCUT2D eigenvalue weighted by molar-refractivity contribution is -0.122. The highest BCUT2D eigenvalue weighted by Gasteiger charge is 2.18. The van der Waals surface area contributed by atoms with Crippen LogP contribution in [0, 0.1) is 0 Å². The summed E-state index contributed by atoms with van der Waals surface area (Å²) in [4.78, 5) is 12.5. The van der Waals surface area contributed by atoms with Gasteiger partial charge in [0.05, 0.1) is 0 Å². The fourth-order valence-corrected chi connectivity index (χ4v) is 2.54. The van der Waals surface area contributed by atoms with Crippen molar-refractivity contribution in [3.8, 4) is 11.5 Å². The quantitative estimate of drug-likeness (QED) is 0.590. The van der Waals surface area contributed by atoms with Crippen LogP contribution in [0.4, 0.5) is 5.69 Å². The molecule has 4 heteroatoms. The number of ether oxygens (including phenoxy) is 2. The highest BCUT2D eigenvalue weighted by molar-refractivity contribution is 5.94. The van der Waals surface area contributed by atoms with E-state index in [1.165, 1.54) is 0 Å². The van der Waals surface area contributed by atoms with E-state index in [1.807, 2.05) is 49.4 Å². The number of hydrogen-bond acceptors (Lipinski definition) is 3. The Morgan fingerprint density at radius 3 is 2.41 bits per heavy atom. The fraction of sp³-hybridized carbons (Fsp3) is 0.348. The predicted molar refractivity (Wildman–Crippen MR) is 111 cm³/mol. The summed E-state index contributed by atoms with van der Waals surface area (Å²) in [5.74, 6) is 1.69. The van der Waals surface area contributed by atoms with Gasteiger partial charge in [0.25, 0.3) is 5.91 Å². The molecule has 0 saturated heterocycles. The Morgan fingerprint density at radius 1 is 1.11 bits per heavy atom. The van der Waals surface area contributed by atoms with Crippen LogP contribution in [0.2, 0.25) is 0 Å². The minimum absolute atomic E-state index is 0.190. The average molecular weight is 367 g/mol. The van der Waals surface area contributed by atoms with Gasteiger partial charge in [0.15, 0.2) is 6.10 Å². The molecule has 1 amide bonds. The summed E-state index contributed by atoms with van der Waals surface area (Å²) in [5.41, 5.74) is 2.78. The summed E-state index contributed by atoms with van der Waals surface area (Å²) >= 11 is 0. The second-order valence-corrected chi connectivity index (χ2v) is 6.87. The molecule has 27 heavy (non-hydrogen) atoms. The molecule has 0 fully saturated rings. The lowest BCUT2D eigenvalue weighted by Crippen LogP contribution is -2.30. The van der Waals surface area contributed by atoms with Crippen LogP contribution in [0.5, 0.6) is 11.5 Å². The normalized spacial score (nSPS) is 12.7. The molecule has 144 valence electrons. The van der Waals surface area contributed by atoms with Gasteiger partial charge in [-0.3, -0.25) is 4.79 Å². The third kappa shape index (κ3) is 6.17. The largest absolute Gasteiger partial charge is 0.489 e. The number of anilines is 1. The Morgan fingerprint density at radius 2 is 1.78 bits per heavy atom. The molecule has 0 bridgehead atoms. The summed E-state index contributed by atoms with van der Waals surface area (Å²) in [6.45, 7) is 12.3. The van der Waals surface area contributed by atoms with Gasteiger partial charge in [-0.05, 0) is 67.7 Å². The zero-order valence-corrected chi connectivity index (χ0v) is 16.6. The van der Waals surface area contributed by atoms with Gasteiger partial charge in [-0.2, -0.15) is 0 Å². The van der Waals surface area contributed by atoms with Gasteiger partial charge in [0, 0.05) is 5.69 Å². The van der Waals surface area contributed by atoms with Crippen LogP contribution in [-0.2, 0) is 4.79 Å². The van der Waals surface area contributed by atoms with Crippen molar-refractivity contribution in [2.75, 3.05) is 11.9 Å². The van der Waals surface area contributed by atoms with Gasteiger partial charge in [-0.25, -0.2) is 0 Å². The summed E-state index contributed by atoms with van der Waals surface area (Å²) in [7, 11) is 0. The molecule has 4 nitrogen and oxygen atoms in total. The first-order valence-electron chi connectivity index (χ1n) is 9.34. The van der Waals surface area contributed by atoms with Gasteiger partial charge in [0.1, 0.15) is 18.1 Å². The monoisotopic (exact) mass is 367 g/mol. The van der Waals surface area contributed by atoms with E-state index in [9.17, 15) is 4.79 Å². The van der Waals surface area contributed by atoms with E-state index in [2.05, 4.69) is 31.8 Å². The van der Waals surface area contributed by atoms with Gasteiger partial charge in [-0.15, -0.1) is 0 Å². The average Bonchev–Trinajstić information content (AvgIpc) is 2.67. The molecule has 0 saturated carbocycles. The first kappa shape index (κ1) is 20.6. The van der Waals surface area contributed by atoms with Crippen LogP contribution < -0.4 is 14.8 Å². The Kier molecular flexibility index (Phi) is 7.47. The molecule has 0 spiro atoms. The second kappa shape index (κ2) is 9.81. The van der Waals surface area contributed by atoms with E-state index in [0.29, 0.717) is 18.2 Å². The number of amides is 1. The van der Waals surface area contributed by atoms with Crippen LogP contribution >= 0.6 is 0 Å². The highest BCUT2D eigenvalue weighted by Crippen LogP contribution is 2.29. The number of rotatable bonds is 9. The molecule has 0 heterocycles. The fourth-order valence-electron chi connectivity index (χ4n) is 2.54. The molecule has 2 aromatic carbocycles. The van der Waals surface area contributed by atoms with Crippen molar-refractivity contribution < 1.29 is 14.3 Å². The zero-order chi connectivity index (χ0) is 19.8. The zero-order valence-electron chi connectivity index (χ0n) is 16.6. The van der Waals surface area contributed by atoms with Crippen molar-refractivity contribution in [2.45, 2.75) is 46.1 Å². The van der Waals surface area contributed by atoms with Gasteiger partial charge >= 0.3 is 0 Å². The molecule has 0 aliphatic carbocycles. The maximum Gasteiger partial charge on any atom is 0.265 e. The Bertz CT molecular complexity index is 767. The third-order valence-electron chi connectivity index (χ3n) is 4.34. The van der Waals surface area contributed by atoms with Crippen molar-refractivity contribution in [3.63, 3.8) is 0 Å². The molecule has 1 N–H and O–H groups in total. The molecule has 2 aromatic rings. The standard InChI is InChI=1S/C23H29NO3/c1-6-17(4)21-9-7-8-10-22(21)27-18(5)23(25)24-19-11-13-20(14-12-19)26-15-16(2)3/h7-14,17-18H,2,6,15H2,1,3-5H3,(H,24,25). The molecular formula is C23H29NO3. The lowest BCUT2D eigenvalue weighted by atomic mass is 9.98. The molecular weight excluding hydrogens is 338 g/mol. The van der Waals surface area contributed by atoms with Crippen LogP contribution in [0.25, 0.3) is 0 Å². The van der Waals surface area contributed by atoms with Crippen molar-refractivity contribution >= 4 is 11.6 Å². The van der Waals surface area contributed by atoms with Crippen LogP contribution in [-0.4, -0.2) is 18.6 Å². The number of para-hydroxylation sites is 1. The topological polar surface area (TPSA) is 47.6 Å². The molecule has 0 aliphatic heterocycles. The lowest BCUT2D eigenvalue weighted by Gasteiger charge is -2.19. The number of benzene rings is 2. The first-order valence-corrected chi connectivity index (χ1v) is 9.34. The van der Waals surface area contributed by atoms with Crippen molar-refractivity contribution in [1.82, 2.24) is 0 Å². The van der Waals surface area contributed by atoms with Crippen LogP contribution in [0.1, 0.15) is 45.6 Å². The number of nitrogens with one attached hydrogen (secondary N) is 1. The Balaban J connectivity index is 1.97. The second-order valence-electron chi connectivity index (χ2n) is 6.87. The van der Waals surface area contributed by atoms with Gasteiger partial charge < -0.3 is 14.8 Å². The SMILES string of the molecule is C=C(C)COc1ccc(NC(=O)C(C)Oc2ccccc2C(C)CC)cc1. The smallest absolute Gasteiger partial charge is 0.265 e. The van der Waals surface area contributed by atoms with E-state index in [4.69, 9.17) is 9.47 Å². The summed E-state index contributed by atoms with van der Waals surface area (Å²) in [6.07, 6.45) is 0.412. The Hall–Kier alpha value is -2.75. The van der Waals surface area contributed by atoms with Gasteiger partial charge in [-0.1, -0.05) is 38.6 Å². The number of hydrogen-bond donors (Lipinski definition) is 1. The van der Waals surface area contributed by atoms with E-state index in [-0.39, 0.29) is 5.91 Å². The van der Waals surface area contributed by atoms with Crippen molar-refractivity contribution in [3.05, 3.63) is 66.2 Å². The molecule has 0 aromatic heterocycles. The van der Waals surface area contributed by atoms with Crippen LogP contribution in [0.3, 0.4) is 0 Å². The summed E-state index contributed by atoms with van der Waals surface area (Å²) < 4.78 is 11.5.